The standard InChI is InChI=1S/C15H21ClN2O/c1-3-4-5-6-11-15(19)18-17-12(2)13-9-7-8-10-14(13)16/h7-10H,3-6,11H2,1-2H3,(H,18,19)/b17-12-. The van der Waals surface area contributed by atoms with Gasteiger partial charge in [-0.1, -0.05) is 56.0 Å². The number of hydrogen-bond acceptors (Lipinski definition) is 2. The van der Waals surface area contributed by atoms with E-state index in [0.29, 0.717) is 17.2 Å². The summed E-state index contributed by atoms with van der Waals surface area (Å²) < 4.78 is 0. The number of amides is 1. The summed E-state index contributed by atoms with van der Waals surface area (Å²) in [7, 11) is 0. The van der Waals surface area contributed by atoms with Gasteiger partial charge in [0.25, 0.3) is 0 Å². The Kier molecular flexibility index (Phi) is 7.19. The van der Waals surface area contributed by atoms with E-state index in [1.807, 2.05) is 31.2 Å². The van der Waals surface area contributed by atoms with Gasteiger partial charge in [0.15, 0.2) is 0 Å². The smallest absolute Gasteiger partial charge is 0.240 e. The number of nitrogens with zero attached hydrogens (tertiary/aromatic N) is 1. The van der Waals surface area contributed by atoms with Crippen molar-refractivity contribution in [1.29, 1.82) is 0 Å². The molecule has 0 unspecified atom stereocenters. The lowest BCUT2D eigenvalue weighted by molar-refractivity contribution is -0.121. The monoisotopic (exact) mass is 280 g/mol. The van der Waals surface area contributed by atoms with Crippen molar-refractivity contribution in [3.63, 3.8) is 0 Å². The zero-order valence-electron chi connectivity index (χ0n) is 11.6. The third kappa shape index (κ3) is 5.88. The quantitative estimate of drug-likeness (QED) is 0.455. The van der Waals surface area contributed by atoms with Crippen LogP contribution in [0.1, 0.15) is 51.5 Å². The third-order valence-corrected chi connectivity index (χ3v) is 3.20. The van der Waals surface area contributed by atoms with E-state index < -0.39 is 0 Å². The second-order valence-corrected chi connectivity index (χ2v) is 4.93. The van der Waals surface area contributed by atoms with Crippen LogP contribution in [0.4, 0.5) is 0 Å². The van der Waals surface area contributed by atoms with Gasteiger partial charge < -0.3 is 0 Å². The summed E-state index contributed by atoms with van der Waals surface area (Å²) in [6.07, 6.45) is 4.89. The Bertz CT molecular complexity index is 444. The molecule has 4 heteroatoms. The number of carbonyl (C=O) groups excluding carboxylic acids is 1. The van der Waals surface area contributed by atoms with E-state index in [1.165, 1.54) is 12.8 Å². The number of halogens is 1. The number of unbranched alkanes of at least 4 members (excludes halogenated alkanes) is 3. The Morgan fingerprint density at radius 2 is 2.00 bits per heavy atom. The summed E-state index contributed by atoms with van der Waals surface area (Å²) in [5.41, 5.74) is 4.13. The molecular weight excluding hydrogens is 260 g/mol. The van der Waals surface area contributed by atoms with Crippen LogP contribution in [-0.2, 0) is 4.79 Å². The van der Waals surface area contributed by atoms with Crippen LogP contribution in [0.3, 0.4) is 0 Å². The van der Waals surface area contributed by atoms with E-state index >= 15 is 0 Å². The molecule has 0 aliphatic carbocycles. The molecule has 1 aromatic rings. The third-order valence-electron chi connectivity index (χ3n) is 2.87. The van der Waals surface area contributed by atoms with Gasteiger partial charge in [-0.2, -0.15) is 5.10 Å². The van der Waals surface area contributed by atoms with E-state index in [-0.39, 0.29) is 5.91 Å². The van der Waals surface area contributed by atoms with Crippen LogP contribution in [0.2, 0.25) is 5.02 Å². The Hall–Kier alpha value is -1.35. The summed E-state index contributed by atoms with van der Waals surface area (Å²) >= 11 is 6.06. The number of nitrogens with one attached hydrogen (secondary N) is 1. The maximum absolute atomic E-state index is 11.6. The zero-order chi connectivity index (χ0) is 14.1. The summed E-state index contributed by atoms with van der Waals surface area (Å²) in [6, 6.07) is 7.45. The first kappa shape index (κ1) is 15.7. The fourth-order valence-electron chi connectivity index (χ4n) is 1.73. The van der Waals surface area contributed by atoms with Gasteiger partial charge in [-0.05, 0) is 19.4 Å². The molecule has 0 aliphatic heterocycles. The van der Waals surface area contributed by atoms with E-state index in [2.05, 4.69) is 17.5 Å². The van der Waals surface area contributed by atoms with Gasteiger partial charge in [0.2, 0.25) is 5.91 Å². The minimum Gasteiger partial charge on any atom is -0.273 e. The van der Waals surface area contributed by atoms with Crippen LogP contribution >= 0.6 is 11.6 Å². The Morgan fingerprint density at radius 3 is 2.68 bits per heavy atom. The van der Waals surface area contributed by atoms with Crippen LogP contribution < -0.4 is 5.43 Å². The van der Waals surface area contributed by atoms with Gasteiger partial charge in [0.05, 0.1) is 5.71 Å². The second-order valence-electron chi connectivity index (χ2n) is 4.52. The predicted molar refractivity (Wildman–Crippen MR) is 80.6 cm³/mol. The molecule has 0 atom stereocenters. The van der Waals surface area contributed by atoms with E-state index in [4.69, 9.17) is 11.6 Å². The average molecular weight is 281 g/mol. The molecule has 0 aromatic heterocycles. The van der Waals surface area contributed by atoms with Crippen molar-refractivity contribution < 1.29 is 4.79 Å². The molecule has 0 fully saturated rings. The average Bonchev–Trinajstić information content (AvgIpc) is 2.41. The minimum atomic E-state index is -0.0393. The summed E-state index contributed by atoms with van der Waals surface area (Å²) in [6.45, 7) is 3.98. The maximum atomic E-state index is 11.6. The van der Waals surface area contributed by atoms with Gasteiger partial charge in [-0.25, -0.2) is 5.43 Å². The molecule has 1 aromatic carbocycles. The van der Waals surface area contributed by atoms with Crippen molar-refractivity contribution in [3.05, 3.63) is 34.9 Å². The number of carbonyl (C=O) groups is 1. The molecule has 0 aliphatic rings. The van der Waals surface area contributed by atoms with Crippen LogP contribution in [0.5, 0.6) is 0 Å². The molecule has 19 heavy (non-hydrogen) atoms. The molecule has 0 heterocycles. The van der Waals surface area contributed by atoms with Gasteiger partial charge in [-0.15, -0.1) is 0 Å². The van der Waals surface area contributed by atoms with Crippen LogP contribution in [-0.4, -0.2) is 11.6 Å². The number of rotatable bonds is 7. The molecule has 0 radical (unpaired) electrons. The van der Waals surface area contributed by atoms with E-state index in [0.717, 1.165) is 18.4 Å². The van der Waals surface area contributed by atoms with Crippen molar-refractivity contribution in [3.8, 4) is 0 Å². The highest BCUT2D eigenvalue weighted by atomic mass is 35.5. The van der Waals surface area contributed by atoms with Crippen molar-refractivity contribution >= 4 is 23.2 Å². The fraction of sp³-hybridized carbons (Fsp3) is 0.467. The maximum Gasteiger partial charge on any atom is 0.240 e. The molecule has 1 rings (SSSR count). The topological polar surface area (TPSA) is 41.5 Å². The second kappa shape index (κ2) is 8.70. The van der Waals surface area contributed by atoms with Crippen LogP contribution in [0.15, 0.2) is 29.4 Å². The van der Waals surface area contributed by atoms with E-state index in [1.54, 1.807) is 0 Å². The molecular formula is C15H21ClN2O. The summed E-state index contributed by atoms with van der Waals surface area (Å²) in [4.78, 5) is 11.6. The molecule has 0 bridgehead atoms. The van der Waals surface area contributed by atoms with Gasteiger partial charge in [0, 0.05) is 17.0 Å². The lowest BCUT2D eigenvalue weighted by atomic mass is 10.1. The molecule has 104 valence electrons. The van der Waals surface area contributed by atoms with Crippen LogP contribution in [0.25, 0.3) is 0 Å². The molecule has 0 saturated heterocycles. The van der Waals surface area contributed by atoms with Gasteiger partial charge in [-0.3, -0.25) is 4.79 Å². The highest BCUT2D eigenvalue weighted by Crippen LogP contribution is 2.15. The van der Waals surface area contributed by atoms with Gasteiger partial charge in [0.1, 0.15) is 0 Å². The summed E-state index contributed by atoms with van der Waals surface area (Å²) in [5, 5.41) is 4.73. The van der Waals surface area contributed by atoms with E-state index in [9.17, 15) is 4.79 Å². The predicted octanol–water partition coefficient (Wildman–Crippen LogP) is 4.15. The first-order valence-electron chi connectivity index (χ1n) is 6.73. The minimum absolute atomic E-state index is 0.0393. The fourth-order valence-corrected chi connectivity index (χ4v) is 2.00. The Morgan fingerprint density at radius 1 is 1.26 bits per heavy atom. The van der Waals surface area contributed by atoms with Crippen molar-refractivity contribution in [2.45, 2.75) is 46.0 Å². The largest absolute Gasteiger partial charge is 0.273 e. The molecule has 0 saturated carbocycles. The SMILES string of the molecule is CCCCCCC(=O)N/N=C(/C)c1ccccc1Cl. The van der Waals surface area contributed by atoms with Crippen LogP contribution in [0, 0.1) is 0 Å². The Balaban J connectivity index is 2.43. The van der Waals surface area contributed by atoms with Gasteiger partial charge >= 0.3 is 0 Å². The number of hydrogen-bond donors (Lipinski definition) is 1. The lowest BCUT2D eigenvalue weighted by Crippen LogP contribution is -2.18. The Labute approximate surface area is 120 Å². The highest BCUT2D eigenvalue weighted by Gasteiger charge is 2.04. The molecule has 0 spiro atoms. The lowest BCUT2D eigenvalue weighted by Gasteiger charge is -2.04. The van der Waals surface area contributed by atoms with Crippen molar-refractivity contribution in [2.24, 2.45) is 5.10 Å². The molecule has 1 amide bonds. The zero-order valence-corrected chi connectivity index (χ0v) is 12.3. The van der Waals surface area contributed by atoms with Crippen molar-refractivity contribution in [2.75, 3.05) is 0 Å². The normalized spacial score (nSPS) is 11.4. The number of benzene rings is 1. The summed E-state index contributed by atoms with van der Waals surface area (Å²) in [5.74, 6) is -0.0393. The number of hydrazone groups is 1. The highest BCUT2D eigenvalue weighted by molar-refractivity contribution is 6.34. The molecule has 1 N–H and O–H groups in total. The first-order chi connectivity index (χ1) is 9.15. The first-order valence-corrected chi connectivity index (χ1v) is 7.11. The van der Waals surface area contributed by atoms with Crippen molar-refractivity contribution in [1.82, 2.24) is 5.43 Å². The molecule has 3 nitrogen and oxygen atoms in total.